The number of rotatable bonds is 5. The van der Waals surface area contributed by atoms with Gasteiger partial charge in [0.15, 0.2) is 5.60 Å². The number of esters is 2. The quantitative estimate of drug-likeness (QED) is 0.646. The van der Waals surface area contributed by atoms with E-state index in [0.29, 0.717) is 5.75 Å². The molecule has 1 unspecified atom stereocenters. The molecular formula is C17H20O7. The van der Waals surface area contributed by atoms with Gasteiger partial charge in [-0.2, -0.15) is 0 Å². The van der Waals surface area contributed by atoms with E-state index in [-0.39, 0.29) is 36.7 Å². The Bertz CT molecular complexity index is 665. The van der Waals surface area contributed by atoms with Gasteiger partial charge in [-0.05, 0) is 32.0 Å². The van der Waals surface area contributed by atoms with Crippen molar-refractivity contribution < 1.29 is 33.6 Å². The second-order valence-electron chi connectivity index (χ2n) is 5.08. The van der Waals surface area contributed by atoms with Gasteiger partial charge in [-0.15, -0.1) is 0 Å². The van der Waals surface area contributed by atoms with Gasteiger partial charge in [-0.3, -0.25) is 0 Å². The van der Waals surface area contributed by atoms with Crippen LogP contribution in [0.25, 0.3) is 0 Å². The van der Waals surface area contributed by atoms with E-state index < -0.39 is 17.5 Å². The molecule has 0 saturated heterocycles. The van der Waals surface area contributed by atoms with Crippen LogP contribution in [0.1, 0.15) is 25.8 Å². The van der Waals surface area contributed by atoms with Crippen molar-refractivity contribution in [1.29, 1.82) is 0 Å². The second kappa shape index (κ2) is 7.35. The van der Waals surface area contributed by atoms with Crippen molar-refractivity contribution in [2.45, 2.75) is 25.9 Å². The fourth-order valence-electron chi connectivity index (χ4n) is 2.40. The summed E-state index contributed by atoms with van der Waals surface area (Å²) in [6, 6.07) is 4.68. The molecular weight excluding hydrogens is 316 g/mol. The van der Waals surface area contributed by atoms with Crippen LogP contribution in [-0.2, 0) is 24.7 Å². The summed E-state index contributed by atoms with van der Waals surface area (Å²) in [5.74, 6) is -0.624. The molecule has 130 valence electrons. The summed E-state index contributed by atoms with van der Waals surface area (Å²) in [6.07, 6.45) is 0.867. The zero-order valence-corrected chi connectivity index (χ0v) is 13.8. The largest absolute Gasteiger partial charge is 0.497 e. The summed E-state index contributed by atoms with van der Waals surface area (Å²) in [5, 5.41) is 11.0. The van der Waals surface area contributed by atoms with Gasteiger partial charge in [0.25, 0.3) is 0 Å². The molecule has 1 aromatic rings. The molecule has 1 aliphatic heterocycles. The van der Waals surface area contributed by atoms with E-state index >= 15 is 0 Å². The summed E-state index contributed by atoms with van der Waals surface area (Å²) in [7, 11) is 1.47. The molecule has 1 N–H and O–H groups in total. The van der Waals surface area contributed by atoms with E-state index in [1.165, 1.54) is 13.2 Å². The Kier molecular flexibility index (Phi) is 5.46. The van der Waals surface area contributed by atoms with E-state index in [4.69, 9.17) is 18.9 Å². The highest BCUT2D eigenvalue weighted by atomic mass is 16.6. The average Bonchev–Trinajstić information content (AvgIpc) is 2.55. The number of hydrogen-bond acceptors (Lipinski definition) is 7. The molecule has 1 aromatic carbocycles. The number of ether oxygens (including phenoxy) is 4. The van der Waals surface area contributed by atoms with Gasteiger partial charge in [-0.25, -0.2) is 9.59 Å². The average molecular weight is 336 g/mol. The zero-order chi connectivity index (χ0) is 17.7. The monoisotopic (exact) mass is 336 g/mol. The number of benzene rings is 1. The number of fused-ring (bicyclic) bond motifs is 1. The molecule has 0 saturated carbocycles. The summed E-state index contributed by atoms with van der Waals surface area (Å²) in [6.45, 7) is 3.63. The lowest BCUT2D eigenvalue weighted by Crippen LogP contribution is -2.41. The lowest BCUT2D eigenvalue weighted by atomic mass is 9.86. The molecule has 1 heterocycles. The van der Waals surface area contributed by atoms with Crippen LogP contribution in [0.2, 0.25) is 0 Å². The Morgan fingerprint density at radius 2 is 2.00 bits per heavy atom. The summed E-state index contributed by atoms with van der Waals surface area (Å²) < 4.78 is 20.6. The predicted octanol–water partition coefficient (Wildman–Crippen LogP) is 1.68. The van der Waals surface area contributed by atoms with Crippen molar-refractivity contribution in [1.82, 2.24) is 0 Å². The van der Waals surface area contributed by atoms with Crippen molar-refractivity contribution in [2.75, 3.05) is 20.3 Å². The lowest BCUT2D eigenvalue weighted by molar-refractivity contribution is -0.168. The van der Waals surface area contributed by atoms with Crippen LogP contribution in [0, 0.1) is 0 Å². The van der Waals surface area contributed by atoms with Gasteiger partial charge in [0, 0.05) is 5.56 Å². The summed E-state index contributed by atoms with van der Waals surface area (Å²) in [5.41, 5.74) is -1.75. The van der Waals surface area contributed by atoms with E-state index in [1.54, 1.807) is 26.0 Å². The smallest absolute Gasteiger partial charge is 0.343 e. The van der Waals surface area contributed by atoms with E-state index in [1.807, 2.05) is 0 Å². The second-order valence-corrected chi connectivity index (χ2v) is 5.08. The number of methoxy groups -OCH3 is 1. The Morgan fingerprint density at radius 3 is 2.62 bits per heavy atom. The molecule has 0 aliphatic carbocycles. The molecule has 0 aromatic heterocycles. The summed E-state index contributed by atoms with van der Waals surface area (Å²) in [4.78, 5) is 24.0. The minimum Gasteiger partial charge on any atom is -0.497 e. The fraction of sp³-hybridized carbons (Fsp3) is 0.412. The van der Waals surface area contributed by atoms with Crippen molar-refractivity contribution in [2.24, 2.45) is 0 Å². The highest BCUT2D eigenvalue weighted by Crippen LogP contribution is 2.43. The van der Waals surface area contributed by atoms with Gasteiger partial charge < -0.3 is 24.1 Å². The first-order chi connectivity index (χ1) is 11.4. The normalized spacial score (nSPS) is 20.8. The van der Waals surface area contributed by atoms with Crippen molar-refractivity contribution in [3.05, 3.63) is 35.6 Å². The molecule has 1 atom stereocenters. The third-order valence-corrected chi connectivity index (χ3v) is 3.48. The molecule has 0 radical (unpaired) electrons. The van der Waals surface area contributed by atoms with Gasteiger partial charge in [0.1, 0.15) is 17.3 Å². The number of aliphatic hydroxyl groups is 1. The molecule has 24 heavy (non-hydrogen) atoms. The van der Waals surface area contributed by atoms with E-state index in [2.05, 4.69) is 0 Å². The minimum absolute atomic E-state index is 0.109. The van der Waals surface area contributed by atoms with Crippen LogP contribution in [0.3, 0.4) is 0 Å². The molecule has 0 fully saturated rings. The Balaban J connectivity index is 2.47. The van der Waals surface area contributed by atoms with Crippen molar-refractivity contribution in [3.8, 4) is 11.5 Å². The molecule has 1 aliphatic rings. The third-order valence-electron chi connectivity index (χ3n) is 3.48. The first-order valence-electron chi connectivity index (χ1n) is 7.57. The molecule has 7 nitrogen and oxygen atoms in total. The molecule has 0 amide bonds. The van der Waals surface area contributed by atoms with Crippen LogP contribution >= 0.6 is 0 Å². The molecule has 0 bridgehead atoms. The maximum atomic E-state index is 12.3. The van der Waals surface area contributed by atoms with Crippen LogP contribution in [0.4, 0.5) is 0 Å². The van der Waals surface area contributed by atoms with E-state index in [9.17, 15) is 14.7 Å². The molecule has 0 spiro atoms. The maximum Gasteiger partial charge on any atom is 0.343 e. The molecule has 2 rings (SSSR count). The molecule has 7 heteroatoms. The highest BCUT2D eigenvalue weighted by Gasteiger charge is 2.46. The third kappa shape index (κ3) is 3.51. The first kappa shape index (κ1) is 17.8. The van der Waals surface area contributed by atoms with Crippen molar-refractivity contribution in [3.63, 3.8) is 0 Å². The SMILES string of the molecule is CCOC(=O)/C=C1\CC(O)(C(=O)OCC)c2cc(OC)ccc2O1. The minimum atomic E-state index is -1.98. The predicted molar refractivity (Wildman–Crippen MR) is 83.5 cm³/mol. The topological polar surface area (TPSA) is 91.3 Å². The van der Waals surface area contributed by atoms with Crippen LogP contribution < -0.4 is 9.47 Å². The standard InChI is InChI=1S/C17H20O7/c1-4-22-15(18)9-12-10-17(20,16(19)23-5-2)13-8-11(21-3)6-7-14(13)24-12/h6-9,20H,4-5,10H2,1-3H3/b12-9+. The van der Waals surface area contributed by atoms with Gasteiger partial charge in [-0.1, -0.05) is 0 Å². The number of hydrogen-bond donors (Lipinski definition) is 1. The van der Waals surface area contributed by atoms with Gasteiger partial charge >= 0.3 is 11.9 Å². The van der Waals surface area contributed by atoms with E-state index in [0.717, 1.165) is 6.08 Å². The van der Waals surface area contributed by atoms with Gasteiger partial charge in [0.05, 0.1) is 32.8 Å². The van der Waals surface area contributed by atoms with Crippen LogP contribution in [0.5, 0.6) is 11.5 Å². The highest BCUT2D eigenvalue weighted by molar-refractivity contribution is 5.86. The lowest BCUT2D eigenvalue weighted by Gasteiger charge is -2.33. The number of carbonyl (C=O) groups excluding carboxylic acids is 2. The number of carbonyl (C=O) groups is 2. The Labute approximate surface area is 139 Å². The van der Waals surface area contributed by atoms with Gasteiger partial charge in [0.2, 0.25) is 0 Å². The van der Waals surface area contributed by atoms with Crippen LogP contribution in [-0.4, -0.2) is 37.4 Å². The Hall–Kier alpha value is -2.54. The Morgan fingerprint density at radius 1 is 1.29 bits per heavy atom. The zero-order valence-electron chi connectivity index (χ0n) is 13.8. The summed E-state index contributed by atoms with van der Waals surface area (Å²) >= 11 is 0. The maximum absolute atomic E-state index is 12.3. The first-order valence-corrected chi connectivity index (χ1v) is 7.57. The van der Waals surface area contributed by atoms with Crippen LogP contribution in [0.15, 0.2) is 30.0 Å². The fourth-order valence-corrected chi connectivity index (χ4v) is 2.40. The van der Waals surface area contributed by atoms with Crippen molar-refractivity contribution >= 4 is 11.9 Å².